The molecule has 2 bridgehead atoms. The number of anilines is 1. The largest absolute Gasteiger partial charge is 0.378 e. The Hall–Kier alpha value is -1.80. The van der Waals surface area contributed by atoms with Crippen LogP contribution in [-0.2, 0) is 18.4 Å². The van der Waals surface area contributed by atoms with Crippen molar-refractivity contribution in [2.45, 2.75) is 44.7 Å². The van der Waals surface area contributed by atoms with Crippen molar-refractivity contribution < 1.29 is 0 Å². The number of rotatable bonds is 3. The van der Waals surface area contributed by atoms with Gasteiger partial charge in [0.25, 0.3) is 0 Å². The quantitative estimate of drug-likeness (QED) is 0.817. The van der Waals surface area contributed by atoms with E-state index >= 15 is 0 Å². The summed E-state index contributed by atoms with van der Waals surface area (Å²) < 4.78 is 0. The fraction of sp³-hybridized carbons (Fsp3) is 0.478. The first-order valence-corrected chi connectivity index (χ1v) is 9.58. The van der Waals surface area contributed by atoms with Gasteiger partial charge in [-0.2, -0.15) is 0 Å². The molecule has 1 fully saturated rings. The Labute approximate surface area is 152 Å². The first-order valence-electron chi connectivity index (χ1n) is 9.58. The van der Waals surface area contributed by atoms with E-state index in [1.165, 1.54) is 30.6 Å². The normalized spacial score (nSPS) is 28.5. The monoisotopic (exact) mass is 334 g/mol. The third-order valence-corrected chi connectivity index (χ3v) is 6.85. The molecule has 0 saturated carbocycles. The van der Waals surface area contributed by atoms with Gasteiger partial charge < -0.3 is 4.90 Å². The molecule has 0 N–H and O–H groups in total. The molecule has 2 aromatic carbocycles. The van der Waals surface area contributed by atoms with E-state index in [1.807, 2.05) is 0 Å². The highest BCUT2D eigenvalue weighted by atomic mass is 15.2. The first kappa shape index (κ1) is 16.7. The summed E-state index contributed by atoms with van der Waals surface area (Å²) in [7, 11) is 4.28. The van der Waals surface area contributed by atoms with Crippen LogP contribution >= 0.6 is 0 Å². The summed E-state index contributed by atoms with van der Waals surface area (Å²) in [5.41, 5.74) is 6.23. The van der Waals surface area contributed by atoms with E-state index in [9.17, 15) is 0 Å². The lowest BCUT2D eigenvalue weighted by Gasteiger charge is -2.55. The summed E-state index contributed by atoms with van der Waals surface area (Å²) in [6, 6.07) is 18.7. The zero-order valence-corrected chi connectivity index (χ0v) is 16.0. The summed E-state index contributed by atoms with van der Waals surface area (Å²) in [4.78, 5) is 4.95. The second-order valence-electron chi connectivity index (χ2n) is 8.42. The second-order valence-corrected chi connectivity index (χ2v) is 8.42. The Balaban J connectivity index is 1.67. The zero-order valence-electron chi connectivity index (χ0n) is 16.0. The lowest BCUT2D eigenvalue weighted by molar-refractivity contribution is 0.0259. The lowest BCUT2D eigenvalue weighted by Crippen LogP contribution is -2.57. The van der Waals surface area contributed by atoms with Gasteiger partial charge in [0, 0.05) is 32.4 Å². The topological polar surface area (TPSA) is 6.48 Å². The van der Waals surface area contributed by atoms with Crippen molar-refractivity contribution in [3.63, 3.8) is 0 Å². The molecule has 1 saturated heterocycles. The van der Waals surface area contributed by atoms with Gasteiger partial charge in [0.2, 0.25) is 0 Å². The summed E-state index contributed by atoms with van der Waals surface area (Å²) in [5, 5.41) is 0. The van der Waals surface area contributed by atoms with Gasteiger partial charge in [-0.3, -0.25) is 4.90 Å². The van der Waals surface area contributed by atoms with E-state index in [0.29, 0.717) is 17.4 Å². The fourth-order valence-corrected chi connectivity index (χ4v) is 4.99. The van der Waals surface area contributed by atoms with Crippen LogP contribution in [0.1, 0.15) is 37.0 Å². The number of fused-ring (bicyclic) bond motifs is 4. The number of nitrogens with zero attached hydrogens (tertiary/aromatic N) is 2. The van der Waals surface area contributed by atoms with Crippen LogP contribution in [-0.4, -0.2) is 31.6 Å². The molecule has 0 unspecified atom stereocenters. The van der Waals surface area contributed by atoms with E-state index in [0.717, 1.165) is 6.54 Å². The molecule has 2 aromatic rings. The third kappa shape index (κ3) is 2.77. The smallest absolute Gasteiger partial charge is 0.0364 e. The van der Waals surface area contributed by atoms with Gasteiger partial charge in [0.15, 0.2) is 0 Å². The Morgan fingerprint density at radius 3 is 2.60 bits per heavy atom. The van der Waals surface area contributed by atoms with Crippen LogP contribution in [0.4, 0.5) is 5.69 Å². The number of piperidine rings is 1. The molecule has 2 heteroatoms. The third-order valence-electron chi connectivity index (χ3n) is 6.85. The average Bonchev–Trinajstić information content (AvgIpc) is 2.61. The first-order chi connectivity index (χ1) is 12.0. The van der Waals surface area contributed by atoms with Gasteiger partial charge in [-0.25, -0.2) is 0 Å². The molecule has 1 aliphatic carbocycles. The highest BCUT2D eigenvalue weighted by Gasteiger charge is 2.48. The zero-order chi connectivity index (χ0) is 17.6. The second kappa shape index (κ2) is 6.17. The van der Waals surface area contributed by atoms with Gasteiger partial charge in [-0.15, -0.1) is 0 Å². The Morgan fingerprint density at radius 1 is 1.12 bits per heavy atom. The fourth-order valence-electron chi connectivity index (χ4n) is 4.99. The van der Waals surface area contributed by atoms with Gasteiger partial charge in [-0.05, 0) is 59.5 Å². The summed E-state index contributed by atoms with van der Waals surface area (Å²) >= 11 is 0. The van der Waals surface area contributed by atoms with Crippen LogP contribution in [0, 0.1) is 5.92 Å². The Bertz CT molecular complexity index is 752. The van der Waals surface area contributed by atoms with Crippen molar-refractivity contribution in [2.75, 3.05) is 25.5 Å². The molecule has 2 nitrogen and oxygen atoms in total. The van der Waals surface area contributed by atoms with Crippen LogP contribution in [0.2, 0.25) is 0 Å². The maximum absolute atomic E-state index is 2.73. The molecule has 2 aliphatic rings. The molecule has 1 heterocycles. The van der Waals surface area contributed by atoms with Crippen molar-refractivity contribution in [2.24, 2.45) is 5.92 Å². The minimum absolute atomic E-state index is 0.303. The average molecular weight is 335 g/mol. The van der Waals surface area contributed by atoms with Crippen molar-refractivity contribution >= 4 is 5.69 Å². The molecule has 132 valence electrons. The van der Waals surface area contributed by atoms with Crippen LogP contribution in [0.15, 0.2) is 48.5 Å². The van der Waals surface area contributed by atoms with Crippen LogP contribution in [0.25, 0.3) is 0 Å². The molecular formula is C23H30N2. The Morgan fingerprint density at radius 2 is 1.88 bits per heavy atom. The van der Waals surface area contributed by atoms with Crippen molar-refractivity contribution in [1.29, 1.82) is 0 Å². The van der Waals surface area contributed by atoms with E-state index in [4.69, 9.17) is 0 Å². The lowest BCUT2D eigenvalue weighted by atomic mass is 9.59. The van der Waals surface area contributed by atoms with Crippen molar-refractivity contribution in [1.82, 2.24) is 4.90 Å². The van der Waals surface area contributed by atoms with Gasteiger partial charge in [-0.1, -0.05) is 50.2 Å². The summed E-state index contributed by atoms with van der Waals surface area (Å²) in [5.74, 6) is 0.690. The number of hydrogen-bond acceptors (Lipinski definition) is 2. The number of hydrogen-bond donors (Lipinski definition) is 0. The number of likely N-dealkylation sites (tertiary alicyclic amines) is 1. The minimum Gasteiger partial charge on any atom is -0.378 e. The van der Waals surface area contributed by atoms with Gasteiger partial charge in [0.05, 0.1) is 0 Å². The molecule has 25 heavy (non-hydrogen) atoms. The van der Waals surface area contributed by atoms with Crippen molar-refractivity contribution in [3.8, 4) is 0 Å². The predicted octanol–water partition coefficient (Wildman–Crippen LogP) is 4.48. The van der Waals surface area contributed by atoms with E-state index in [2.05, 4.69) is 86.3 Å². The summed E-state index contributed by atoms with van der Waals surface area (Å²) in [6.07, 6.45) is 2.44. The highest BCUT2D eigenvalue weighted by Crippen LogP contribution is 2.49. The van der Waals surface area contributed by atoms with E-state index < -0.39 is 0 Å². The highest BCUT2D eigenvalue weighted by molar-refractivity contribution is 5.54. The Kier molecular flexibility index (Phi) is 4.11. The predicted molar refractivity (Wildman–Crippen MR) is 106 cm³/mol. The van der Waals surface area contributed by atoms with Gasteiger partial charge in [0.1, 0.15) is 0 Å². The molecule has 0 spiro atoms. The standard InChI is InChI=1S/C23H30N2/c1-17-22-14-19-10-11-20(24(3)4)15-21(19)23(17,2)12-13-25(22)16-18-8-6-5-7-9-18/h5-11,15,17,22H,12-14,16H2,1-4H3/t17-,22+,23-/m1/s1. The van der Waals surface area contributed by atoms with Crippen LogP contribution < -0.4 is 4.90 Å². The van der Waals surface area contributed by atoms with Crippen LogP contribution in [0.5, 0.6) is 0 Å². The SMILES string of the molecule is C[C@@H]1[C@@H]2Cc3ccc(N(C)C)cc3[C@]1(C)CCN2Cc1ccccc1. The molecular weight excluding hydrogens is 304 g/mol. The molecule has 3 atom stereocenters. The maximum atomic E-state index is 2.73. The molecule has 0 amide bonds. The van der Waals surface area contributed by atoms with E-state index in [1.54, 1.807) is 11.1 Å². The molecule has 1 aliphatic heterocycles. The van der Waals surface area contributed by atoms with Gasteiger partial charge >= 0.3 is 0 Å². The van der Waals surface area contributed by atoms with E-state index in [-0.39, 0.29) is 0 Å². The van der Waals surface area contributed by atoms with Crippen molar-refractivity contribution in [3.05, 3.63) is 65.2 Å². The summed E-state index contributed by atoms with van der Waals surface area (Å²) in [6.45, 7) is 7.26. The molecule has 0 aromatic heterocycles. The molecule has 0 radical (unpaired) electrons. The number of benzene rings is 2. The van der Waals surface area contributed by atoms with Crippen LogP contribution in [0.3, 0.4) is 0 Å². The maximum Gasteiger partial charge on any atom is 0.0364 e. The molecule has 4 rings (SSSR count). The minimum atomic E-state index is 0.303.